The SMILES string of the molecule is C[Si](C)(C)c1cccc2c1C(O)c1ccccc1-2. The lowest BCUT2D eigenvalue weighted by Gasteiger charge is -2.22. The number of aliphatic hydroxyl groups excluding tert-OH is 1. The van der Waals surface area contributed by atoms with Gasteiger partial charge in [-0.05, 0) is 22.3 Å². The Labute approximate surface area is 109 Å². The van der Waals surface area contributed by atoms with Crippen LogP contribution in [-0.4, -0.2) is 13.2 Å². The van der Waals surface area contributed by atoms with Gasteiger partial charge < -0.3 is 5.11 Å². The largest absolute Gasteiger partial charge is 0.384 e. The van der Waals surface area contributed by atoms with E-state index in [1.165, 1.54) is 16.3 Å². The maximum Gasteiger partial charge on any atom is 0.105 e. The highest BCUT2D eigenvalue weighted by Crippen LogP contribution is 2.42. The summed E-state index contributed by atoms with van der Waals surface area (Å²) >= 11 is 0. The van der Waals surface area contributed by atoms with Crippen LogP contribution in [0.25, 0.3) is 11.1 Å². The lowest BCUT2D eigenvalue weighted by Crippen LogP contribution is -2.40. The van der Waals surface area contributed by atoms with Crippen molar-refractivity contribution in [3.8, 4) is 11.1 Å². The molecule has 2 aromatic carbocycles. The highest BCUT2D eigenvalue weighted by atomic mass is 28.3. The molecule has 1 N–H and O–H groups in total. The van der Waals surface area contributed by atoms with Crippen LogP contribution in [0.1, 0.15) is 17.2 Å². The van der Waals surface area contributed by atoms with E-state index < -0.39 is 14.2 Å². The first-order valence-corrected chi connectivity index (χ1v) is 9.91. The van der Waals surface area contributed by atoms with Crippen molar-refractivity contribution in [1.29, 1.82) is 0 Å². The van der Waals surface area contributed by atoms with Gasteiger partial charge in [-0.2, -0.15) is 0 Å². The van der Waals surface area contributed by atoms with E-state index in [2.05, 4.69) is 43.9 Å². The Hall–Kier alpha value is -1.38. The summed E-state index contributed by atoms with van der Waals surface area (Å²) in [4.78, 5) is 0. The van der Waals surface area contributed by atoms with E-state index in [0.29, 0.717) is 0 Å². The third-order valence-electron chi connectivity index (χ3n) is 3.73. The zero-order valence-corrected chi connectivity index (χ0v) is 12.1. The molecule has 0 amide bonds. The third-order valence-corrected chi connectivity index (χ3v) is 5.79. The Morgan fingerprint density at radius 2 is 1.56 bits per heavy atom. The molecule has 1 aliphatic carbocycles. The summed E-state index contributed by atoms with van der Waals surface area (Å²) in [6, 6.07) is 14.6. The molecule has 0 saturated heterocycles. The van der Waals surface area contributed by atoms with Crippen molar-refractivity contribution in [3.05, 3.63) is 53.6 Å². The van der Waals surface area contributed by atoms with Crippen LogP contribution in [-0.2, 0) is 0 Å². The van der Waals surface area contributed by atoms with Gasteiger partial charge in [0.05, 0.1) is 8.07 Å². The molecule has 18 heavy (non-hydrogen) atoms. The van der Waals surface area contributed by atoms with Gasteiger partial charge in [-0.3, -0.25) is 0 Å². The fourth-order valence-electron chi connectivity index (χ4n) is 2.88. The second-order valence-electron chi connectivity index (χ2n) is 6.01. The predicted octanol–water partition coefficient (Wildman–Crippen LogP) is 3.29. The standard InChI is InChI=1S/C16H18OSi/c1-18(2,3)14-10-6-9-12-11-7-4-5-8-13(11)16(17)15(12)14/h4-10,16-17H,1-3H3. The van der Waals surface area contributed by atoms with E-state index >= 15 is 0 Å². The molecule has 92 valence electrons. The van der Waals surface area contributed by atoms with Crippen LogP contribution in [0.5, 0.6) is 0 Å². The molecule has 0 radical (unpaired) electrons. The van der Waals surface area contributed by atoms with Gasteiger partial charge in [-0.1, -0.05) is 67.3 Å². The second-order valence-corrected chi connectivity index (χ2v) is 11.0. The Kier molecular flexibility index (Phi) is 2.47. The molecule has 0 aliphatic heterocycles. The van der Waals surface area contributed by atoms with Crippen LogP contribution in [0.2, 0.25) is 19.6 Å². The second kappa shape index (κ2) is 3.80. The van der Waals surface area contributed by atoms with Crippen LogP contribution >= 0.6 is 0 Å². The van der Waals surface area contributed by atoms with Crippen LogP contribution in [0, 0.1) is 0 Å². The fraction of sp³-hybridized carbons (Fsp3) is 0.250. The van der Waals surface area contributed by atoms with Gasteiger partial charge >= 0.3 is 0 Å². The number of hydrogen-bond acceptors (Lipinski definition) is 1. The van der Waals surface area contributed by atoms with Crippen molar-refractivity contribution >= 4 is 13.3 Å². The van der Waals surface area contributed by atoms with Gasteiger partial charge in [0, 0.05) is 0 Å². The normalized spacial score (nSPS) is 17.4. The number of fused-ring (bicyclic) bond motifs is 3. The third kappa shape index (κ3) is 1.56. The number of rotatable bonds is 1. The topological polar surface area (TPSA) is 20.2 Å². The zero-order chi connectivity index (χ0) is 12.9. The Bertz CT molecular complexity index is 611. The summed E-state index contributed by atoms with van der Waals surface area (Å²) in [6.45, 7) is 6.99. The van der Waals surface area contributed by atoms with E-state index in [-0.39, 0.29) is 0 Å². The molecule has 1 atom stereocenters. The summed E-state index contributed by atoms with van der Waals surface area (Å²) in [5, 5.41) is 12.0. The average molecular weight is 254 g/mol. The van der Waals surface area contributed by atoms with E-state index in [1.807, 2.05) is 18.2 Å². The predicted molar refractivity (Wildman–Crippen MR) is 78.9 cm³/mol. The number of hydrogen-bond donors (Lipinski definition) is 1. The summed E-state index contributed by atoms with van der Waals surface area (Å²) in [7, 11) is -1.43. The first-order valence-electron chi connectivity index (χ1n) is 6.41. The van der Waals surface area contributed by atoms with Crippen molar-refractivity contribution in [2.24, 2.45) is 0 Å². The molecule has 0 aromatic heterocycles. The van der Waals surface area contributed by atoms with Gasteiger partial charge in [0.25, 0.3) is 0 Å². The van der Waals surface area contributed by atoms with Crippen molar-refractivity contribution < 1.29 is 5.11 Å². The van der Waals surface area contributed by atoms with E-state index in [9.17, 15) is 5.11 Å². The Morgan fingerprint density at radius 3 is 2.28 bits per heavy atom. The van der Waals surface area contributed by atoms with Crippen molar-refractivity contribution in [2.75, 3.05) is 0 Å². The molecule has 3 rings (SSSR count). The molecular formula is C16H18OSi. The van der Waals surface area contributed by atoms with Crippen LogP contribution in [0.4, 0.5) is 0 Å². The first-order chi connectivity index (χ1) is 8.50. The fourth-order valence-corrected chi connectivity index (χ4v) is 4.56. The summed E-state index contributed by atoms with van der Waals surface area (Å²) in [5.74, 6) is 0. The summed E-state index contributed by atoms with van der Waals surface area (Å²) in [6.07, 6.45) is -0.445. The highest BCUT2D eigenvalue weighted by molar-refractivity contribution is 6.89. The minimum Gasteiger partial charge on any atom is -0.384 e. The van der Waals surface area contributed by atoms with Crippen LogP contribution < -0.4 is 5.19 Å². The van der Waals surface area contributed by atoms with E-state index in [4.69, 9.17) is 0 Å². The lowest BCUT2D eigenvalue weighted by molar-refractivity contribution is 0.226. The molecule has 0 heterocycles. The Balaban J connectivity index is 2.31. The zero-order valence-electron chi connectivity index (χ0n) is 11.1. The van der Waals surface area contributed by atoms with E-state index in [0.717, 1.165) is 11.1 Å². The average Bonchev–Trinajstić information content (AvgIpc) is 2.63. The molecule has 0 spiro atoms. The number of aliphatic hydroxyl groups is 1. The molecule has 1 unspecified atom stereocenters. The smallest absolute Gasteiger partial charge is 0.105 e. The number of benzene rings is 2. The highest BCUT2D eigenvalue weighted by Gasteiger charge is 2.32. The maximum absolute atomic E-state index is 10.6. The van der Waals surface area contributed by atoms with Gasteiger partial charge in [-0.25, -0.2) is 0 Å². The van der Waals surface area contributed by atoms with Crippen molar-refractivity contribution in [2.45, 2.75) is 25.7 Å². The van der Waals surface area contributed by atoms with Gasteiger partial charge in [0.2, 0.25) is 0 Å². The summed E-state index contributed by atoms with van der Waals surface area (Å²) in [5.41, 5.74) is 4.62. The monoisotopic (exact) mass is 254 g/mol. The summed E-state index contributed by atoms with van der Waals surface area (Å²) < 4.78 is 0. The van der Waals surface area contributed by atoms with Crippen LogP contribution in [0.3, 0.4) is 0 Å². The molecule has 2 heteroatoms. The molecule has 0 bridgehead atoms. The van der Waals surface area contributed by atoms with E-state index in [1.54, 1.807) is 0 Å². The molecular weight excluding hydrogens is 236 g/mol. The van der Waals surface area contributed by atoms with Gasteiger partial charge in [0.1, 0.15) is 6.10 Å². The molecule has 0 saturated carbocycles. The molecule has 1 nitrogen and oxygen atoms in total. The first kappa shape index (κ1) is 11.7. The van der Waals surface area contributed by atoms with Gasteiger partial charge in [-0.15, -0.1) is 0 Å². The van der Waals surface area contributed by atoms with Crippen molar-refractivity contribution in [3.63, 3.8) is 0 Å². The molecule has 1 aliphatic rings. The minimum atomic E-state index is -1.43. The molecule has 0 fully saturated rings. The maximum atomic E-state index is 10.6. The minimum absolute atomic E-state index is 0.445. The van der Waals surface area contributed by atoms with Crippen LogP contribution in [0.15, 0.2) is 42.5 Å². The van der Waals surface area contributed by atoms with Gasteiger partial charge in [0.15, 0.2) is 0 Å². The van der Waals surface area contributed by atoms with Crippen molar-refractivity contribution in [1.82, 2.24) is 0 Å². The lowest BCUT2D eigenvalue weighted by atomic mass is 10.1. The quantitative estimate of drug-likeness (QED) is 0.774. The Morgan fingerprint density at radius 1 is 0.889 bits per heavy atom. The molecule has 2 aromatic rings.